The van der Waals surface area contributed by atoms with Crippen molar-refractivity contribution in [3.63, 3.8) is 0 Å². The Morgan fingerprint density at radius 2 is 0.866 bits per heavy atom. The lowest BCUT2D eigenvalue weighted by atomic mass is 9.33. The van der Waals surface area contributed by atoms with Gasteiger partial charge >= 0.3 is 0 Å². The third-order valence-corrected chi connectivity index (χ3v) is 16.9. The summed E-state index contributed by atoms with van der Waals surface area (Å²) in [5.41, 5.74) is 20.1. The number of benzene rings is 12. The number of fused-ring (bicyclic) bond motifs is 9. The van der Waals surface area contributed by atoms with Gasteiger partial charge < -0.3 is 28.0 Å². The molecule has 0 fully saturated rings. The molecule has 3 aromatic heterocycles. The van der Waals surface area contributed by atoms with Gasteiger partial charge in [0.25, 0.3) is 6.71 Å². The van der Waals surface area contributed by atoms with E-state index in [1.165, 1.54) is 22.0 Å². The molecule has 0 radical (unpaired) electrons. The normalized spacial score (nSPS) is 12.6. The van der Waals surface area contributed by atoms with E-state index in [0.29, 0.717) is 0 Å². The molecule has 0 saturated carbocycles. The maximum Gasteiger partial charge on any atom is 0.252 e. The number of nitrogens with zero attached hydrogens (tertiary/aromatic N) is 3. The smallest absolute Gasteiger partial charge is 0.252 e. The Morgan fingerprint density at radius 1 is 0.329 bits per heavy atom. The molecule has 0 amide bonds. The molecule has 6 nitrogen and oxygen atoms in total. The fourth-order valence-electron chi connectivity index (χ4n) is 13.1. The third-order valence-electron chi connectivity index (χ3n) is 16.9. The molecule has 0 unspecified atom stereocenters. The summed E-state index contributed by atoms with van der Waals surface area (Å²) in [6.07, 6.45) is 0. The van der Waals surface area contributed by atoms with Gasteiger partial charge in [0.05, 0.1) is 11.4 Å². The molecule has 12 aromatic carbocycles. The van der Waals surface area contributed by atoms with Crippen molar-refractivity contribution >= 4 is 129 Å². The molecule has 0 spiro atoms. The van der Waals surface area contributed by atoms with E-state index in [2.05, 4.69) is 258 Å². The van der Waals surface area contributed by atoms with Crippen molar-refractivity contribution in [2.75, 3.05) is 14.7 Å². The van der Waals surface area contributed by atoms with E-state index >= 15 is 0 Å². The van der Waals surface area contributed by atoms with Crippen LogP contribution < -0.4 is 31.1 Å². The zero-order valence-electron chi connectivity index (χ0n) is 44.6. The first-order valence-electron chi connectivity index (χ1n) is 28.0. The average molecular weight is 1050 g/mol. The first-order chi connectivity index (χ1) is 40.5. The summed E-state index contributed by atoms with van der Waals surface area (Å²) in [6.45, 7) is 2.10. The van der Waals surface area contributed by atoms with Crippen LogP contribution in [0.15, 0.2) is 286 Å². The van der Waals surface area contributed by atoms with E-state index in [0.717, 1.165) is 140 Å². The number of hydrogen-bond acceptors (Lipinski definition) is 6. The second-order valence-corrected chi connectivity index (χ2v) is 21.7. The van der Waals surface area contributed by atoms with Crippen molar-refractivity contribution in [3.8, 4) is 34.0 Å². The summed E-state index contributed by atoms with van der Waals surface area (Å²) >= 11 is 0. The summed E-state index contributed by atoms with van der Waals surface area (Å²) in [4.78, 5) is 7.49. The van der Waals surface area contributed by atoms with Gasteiger partial charge in [0.1, 0.15) is 34.0 Å². The number of rotatable bonds is 8. The minimum absolute atomic E-state index is 0.127. The van der Waals surface area contributed by atoms with Gasteiger partial charge in [-0.25, -0.2) is 0 Å². The maximum absolute atomic E-state index is 6.68. The van der Waals surface area contributed by atoms with Crippen LogP contribution in [0.3, 0.4) is 0 Å². The molecule has 2 aliphatic rings. The van der Waals surface area contributed by atoms with Gasteiger partial charge in [0.2, 0.25) is 0 Å². The predicted octanol–water partition coefficient (Wildman–Crippen LogP) is 19.1. The molecular formula is C75H48BN3O3. The zero-order valence-corrected chi connectivity index (χ0v) is 44.6. The number of aryl methyl sites for hydroxylation is 1. The summed E-state index contributed by atoms with van der Waals surface area (Å²) in [5.74, 6) is 2.48. The Hall–Kier alpha value is -10.8. The van der Waals surface area contributed by atoms with Gasteiger partial charge in [-0.3, -0.25) is 0 Å². The van der Waals surface area contributed by atoms with Crippen molar-refractivity contribution in [2.45, 2.75) is 6.92 Å². The van der Waals surface area contributed by atoms with Crippen LogP contribution in [0.5, 0.6) is 0 Å². The quantitative estimate of drug-likeness (QED) is 0.141. The monoisotopic (exact) mass is 1050 g/mol. The molecule has 5 heterocycles. The third kappa shape index (κ3) is 7.30. The van der Waals surface area contributed by atoms with E-state index in [-0.39, 0.29) is 6.71 Å². The van der Waals surface area contributed by atoms with E-state index < -0.39 is 0 Å². The van der Waals surface area contributed by atoms with Crippen molar-refractivity contribution in [2.24, 2.45) is 0 Å². The summed E-state index contributed by atoms with van der Waals surface area (Å²) in [5, 5.41) is 7.77. The highest BCUT2D eigenvalue weighted by Crippen LogP contribution is 2.51. The van der Waals surface area contributed by atoms with Crippen LogP contribution in [0.2, 0.25) is 0 Å². The van der Waals surface area contributed by atoms with Gasteiger partial charge in [-0.2, -0.15) is 0 Å². The van der Waals surface area contributed by atoms with E-state index in [9.17, 15) is 0 Å². The van der Waals surface area contributed by atoms with Gasteiger partial charge in [-0.15, -0.1) is 0 Å². The molecule has 82 heavy (non-hydrogen) atoms. The number of anilines is 9. The van der Waals surface area contributed by atoms with E-state index in [1.54, 1.807) is 0 Å². The Bertz CT molecular complexity index is 4980. The molecule has 0 N–H and O–H groups in total. The number of hydrogen-bond donors (Lipinski definition) is 0. The van der Waals surface area contributed by atoms with Crippen LogP contribution in [0.25, 0.3) is 88.4 Å². The van der Waals surface area contributed by atoms with Crippen LogP contribution in [0, 0.1) is 6.92 Å². The number of furan rings is 3. The topological polar surface area (TPSA) is 49.1 Å². The van der Waals surface area contributed by atoms with Crippen molar-refractivity contribution in [1.29, 1.82) is 0 Å². The largest absolute Gasteiger partial charge is 0.456 e. The lowest BCUT2D eigenvalue weighted by Crippen LogP contribution is -2.61. The average Bonchev–Trinajstić information content (AvgIpc) is 1.23. The fraction of sp³-hybridized carbons (Fsp3) is 0.0133. The van der Waals surface area contributed by atoms with Crippen molar-refractivity contribution in [3.05, 3.63) is 279 Å². The Labute approximate surface area is 473 Å². The minimum Gasteiger partial charge on any atom is -0.456 e. The van der Waals surface area contributed by atoms with E-state index in [1.807, 2.05) is 36.4 Å². The van der Waals surface area contributed by atoms with Gasteiger partial charge in [0.15, 0.2) is 0 Å². The Balaban J connectivity index is 0.948. The lowest BCUT2D eigenvalue weighted by molar-refractivity contribution is 0.631. The fourth-order valence-corrected chi connectivity index (χ4v) is 13.1. The molecule has 0 atom stereocenters. The molecule has 0 saturated heterocycles. The highest BCUT2D eigenvalue weighted by Gasteiger charge is 2.44. The lowest BCUT2D eigenvalue weighted by Gasteiger charge is -2.45. The molecule has 17 rings (SSSR count). The maximum atomic E-state index is 6.68. The molecule has 15 aromatic rings. The predicted molar refractivity (Wildman–Crippen MR) is 341 cm³/mol. The van der Waals surface area contributed by atoms with Crippen molar-refractivity contribution < 1.29 is 13.3 Å². The first kappa shape index (κ1) is 46.2. The van der Waals surface area contributed by atoms with Crippen molar-refractivity contribution in [1.82, 2.24) is 0 Å². The van der Waals surface area contributed by atoms with Gasteiger partial charge in [0, 0.05) is 78.0 Å². The summed E-state index contributed by atoms with van der Waals surface area (Å²) < 4.78 is 19.7. The van der Waals surface area contributed by atoms with Gasteiger partial charge in [-0.1, -0.05) is 170 Å². The van der Waals surface area contributed by atoms with Crippen LogP contribution >= 0.6 is 0 Å². The SMILES string of the molecule is Cc1ccccc1N1c2ccccc2B2c3ccc(-c4cc5ccccc5o4)cc3N(c3cccc(-c4cc5ccccc5o4)c3)c3cc(N(c4ccc5cc(-c6cc7ccccc7o6)ccc5c4)c4cccc5ccccc45)cc1c32. The molecule has 2 aliphatic heterocycles. The molecule has 0 aliphatic carbocycles. The standard InChI is InChI=1S/C75H48BN3O3/c1-47-16-2-9-26-63(47)79-65-27-10-8-25-61(65)76-62-37-35-56(74-44-54-20-6-13-31-71(54)82-74)41-66(62)78(57-23-14-22-51(40-57)72-42-52-18-4-11-29-69(52)80-72)67-45-59(46-68(79)75(67)76)77(64-28-15-21-48-17-3-7-24-60(48)64)58-36-34-49-38-55(33-32-50(49)39-58)73-43-53-19-5-12-30-70(53)81-73/h2-46H,1H3. The molecule has 7 heteroatoms. The molecule has 0 bridgehead atoms. The van der Waals surface area contributed by atoms with Gasteiger partial charge in [-0.05, 0) is 148 Å². The van der Waals surface area contributed by atoms with Crippen LogP contribution in [-0.4, -0.2) is 6.71 Å². The van der Waals surface area contributed by atoms with Crippen LogP contribution in [-0.2, 0) is 0 Å². The molecule has 384 valence electrons. The Kier molecular flexibility index (Phi) is 10.2. The Morgan fingerprint density at radius 3 is 1.57 bits per heavy atom. The van der Waals surface area contributed by atoms with Crippen LogP contribution in [0.1, 0.15) is 5.56 Å². The zero-order chi connectivity index (χ0) is 54.0. The number of para-hydroxylation sites is 5. The summed E-state index contributed by atoms with van der Waals surface area (Å²) in [6, 6.07) is 98.5. The minimum atomic E-state index is -0.127. The summed E-state index contributed by atoms with van der Waals surface area (Å²) in [7, 11) is 0. The highest BCUT2D eigenvalue weighted by molar-refractivity contribution is 7.00. The molecular weight excluding hydrogens is 1000 g/mol. The van der Waals surface area contributed by atoms with Crippen LogP contribution in [0.4, 0.5) is 51.2 Å². The first-order valence-corrected chi connectivity index (χ1v) is 28.0. The highest BCUT2D eigenvalue weighted by atomic mass is 16.3. The second-order valence-electron chi connectivity index (χ2n) is 21.7. The van der Waals surface area contributed by atoms with E-state index in [4.69, 9.17) is 13.3 Å². The second kappa shape index (κ2) is 18.1.